The molecule has 1 aromatic carbocycles. The maximum atomic E-state index is 9.33. The van der Waals surface area contributed by atoms with E-state index in [9.17, 15) is 5.11 Å². The summed E-state index contributed by atoms with van der Waals surface area (Å²) >= 11 is 0. The van der Waals surface area contributed by atoms with E-state index in [4.69, 9.17) is 0 Å². The predicted molar refractivity (Wildman–Crippen MR) is 64.7 cm³/mol. The standard InChI is InChI=1S/C14H13NO/c1-15-10-3-2-6-13(15)9-8-12-5-4-7-14(16)11-12/h2-11H,1H3/p+1/b9-8-. The second kappa shape index (κ2) is 4.62. The lowest BCUT2D eigenvalue weighted by atomic mass is 10.2. The number of hydrogen-bond acceptors (Lipinski definition) is 1. The average molecular weight is 212 g/mol. The van der Waals surface area contributed by atoms with E-state index in [1.54, 1.807) is 12.1 Å². The molecule has 1 heterocycles. The van der Waals surface area contributed by atoms with E-state index >= 15 is 0 Å². The molecule has 0 aliphatic carbocycles. The Kier molecular flexibility index (Phi) is 3.01. The van der Waals surface area contributed by atoms with E-state index in [1.165, 1.54) is 0 Å². The van der Waals surface area contributed by atoms with E-state index in [1.807, 2.05) is 60.3 Å². The van der Waals surface area contributed by atoms with Gasteiger partial charge in [0.15, 0.2) is 6.20 Å². The average Bonchev–Trinajstić information content (AvgIpc) is 2.28. The van der Waals surface area contributed by atoms with Gasteiger partial charge in [0.25, 0.3) is 0 Å². The Bertz CT molecular complexity index is 518. The fourth-order valence-corrected chi connectivity index (χ4v) is 1.52. The highest BCUT2D eigenvalue weighted by molar-refractivity contribution is 5.67. The van der Waals surface area contributed by atoms with Crippen LogP contribution in [0.3, 0.4) is 0 Å². The van der Waals surface area contributed by atoms with Crippen LogP contribution in [-0.4, -0.2) is 5.11 Å². The molecule has 0 radical (unpaired) electrons. The highest BCUT2D eigenvalue weighted by Gasteiger charge is 1.98. The normalized spacial score (nSPS) is 10.8. The van der Waals surface area contributed by atoms with Gasteiger partial charge < -0.3 is 5.11 Å². The molecule has 16 heavy (non-hydrogen) atoms. The number of rotatable bonds is 2. The quantitative estimate of drug-likeness (QED) is 0.759. The lowest BCUT2D eigenvalue weighted by Crippen LogP contribution is -2.30. The Hall–Kier alpha value is -2.09. The molecule has 0 saturated heterocycles. The Morgan fingerprint density at radius 1 is 1.06 bits per heavy atom. The molecule has 0 fully saturated rings. The first-order valence-electron chi connectivity index (χ1n) is 5.17. The van der Waals surface area contributed by atoms with Gasteiger partial charge in [-0.15, -0.1) is 0 Å². The maximum Gasteiger partial charge on any atom is 0.204 e. The lowest BCUT2D eigenvalue weighted by molar-refractivity contribution is -0.673. The first-order chi connectivity index (χ1) is 7.75. The zero-order chi connectivity index (χ0) is 11.4. The fourth-order valence-electron chi connectivity index (χ4n) is 1.52. The summed E-state index contributed by atoms with van der Waals surface area (Å²) in [6.45, 7) is 0. The van der Waals surface area contributed by atoms with Crippen LogP contribution in [0, 0.1) is 0 Å². The number of phenolic OH excluding ortho intramolecular Hbond substituents is 1. The second-order valence-electron chi connectivity index (χ2n) is 3.66. The summed E-state index contributed by atoms with van der Waals surface area (Å²) in [5.74, 6) is 0.291. The van der Waals surface area contributed by atoms with Crippen molar-refractivity contribution in [3.8, 4) is 5.75 Å². The van der Waals surface area contributed by atoms with E-state index in [0.29, 0.717) is 5.75 Å². The molecule has 0 saturated carbocycles. The molecule has 0 unspecified atom stereocenters. The molecule has 0 atom stereocenters. The summed E-state index contributed by atoms with van der Waals surface area (Å²) < 4.78 is 2.04. The smallest absolute Gasteiger partial charge is 0.204 e. The van der Waals surface area contributed by atoms with Gasteiger partial charge in [-0.1, -0.05) is 12.1 Å². The third kappa shape index (κ3) is 2.48. The zero-order valence-corrected chi connectivity index (χ0v) is 9.17. The number of aromatic hydroxyl groups is 1. The molecule has 0 aliphatic rings. The van der Waals surface area contributed by atoms with Crippen molar-refractivity contribution in [2.75, 3.05) is 0 Å². The van der Waals surface area contributed by atoms with Crippen LogP contribution in [0.25, 0.3) is 12.2 Å². The minimum atomic E-state index is 0.291. The third-order valence-electron chi connectivity index (χ3n) is 2.41. The van der Waals surface area contributed by atoms with E-state index in [-0.39, 0.29) is 0 Å². The van der Waals surface area contributed by atoms with Gasteiger partial charge in [-0.2, -0.15) is 0 Å². The van der Waals surface area contributed by atoms with Crippen LogP contribution in [0.15, 0.2) is 48.7 Å². The van der Waals surface area contributed by atoms with Crippen LogP contribution in [0.2, 0.25) is 0 Å². The molecule has 2 rings (SSSR count). The van der Waals surface area contributed by atoms with Crippen molar-refractivity contribution in [3.63, 3.8) is 0 Å². The summed E-state index contributed by atoms with van der Waals surface area (Å²) in [6.07, 6.45) is 6.01. The number of aromatic nitrogens is 1. The molecule has 0 amide bonds. The number of phenols is 1. The number of benzene rings is 1. The van der Waals surface area contributed by atoms with Crippen LogP contribution in [-0.2, 0) is 7.05 Å². The van der Waals surface area contributed by atoms with Crippen LogP contribution >= 0.6 is 0 Å². The van der Waals surface area contributed by atoms with Crippen LogP contribution in [0.5, 0.6) is 5.75 Å². The highest BCUT2D eigenvalue weighted by atomic mass is 16.3. The molecule has 80 valence electrons. The van der Waals surface area contributed by atoms with Gasteiger partial charge in [0.05, 0.1) is 0 Å². The maximum absolute atomic E-state index is 9.33. The number of nitrogens with zero attached hydrogens (tertiary/aromatic N) is 1. The molecule has 0 aliphatic heterocycles. The highest BCUT2D eigenvalue weighted by Crippen LogP contribution is 2.12. The van der Waals surface area contributed by atoms with Gasteiger partial charge in [0.1, 0.15) is 12.8 Å². The Balaban J connectivity index is 2.25. The molecule has 0 spiro atoms. The molecule has 2 aromatic rings. The molecule has 2 heteroatoms. The lowest BCUT2D eigenvalue weighted by Gasteiger charge is -1.95. The van der Waals surface area contributed by atoms with Gasteiger partial charge in [-0.25, -0.2) is 4.57 Å². The zero-order valence-electron chi connectivity index (χ0n) is 9.17. The van der Waals surface area contributed by atoms with Gasteiger partial charge in [0, 0.05) is 18.2 Å². The van der Waals surface area contributed by atoms with Crippen molar-refractivity contribution in [3.05, 3.63) is 59.9 Å². The van der Waals surface area contributed by atoms with Crippen molar-refractivity contribution in [1.82, 2.24) is 0 Å². The van der Waals surface area contributed by atoms with E-state index < -0.39 is 0 Å². The Morgan fingerprint density at radius 3 is 2.69 bits per heavy atom. The van der Waals surface area contributed by atoms with E-state index in [2.05, 4.69) is 0 Å². The topological polar surface area (TPSA) is 24.1 Å². The minimum absolute atomic E-state index is 0.291. The molecule has 2 nitrogen and oxygen atoms in total. The Morgan fingerprint density at radius 2 is 1.94 bits per heavy atom. The largest absolute Gasteiger partial charge is 0.508 e. The summed E-state index contributed by atoms with van der Waals surface area (Å²) in [6, 6.07) is 13.2. The van der Waals surface area contributed by atoms with E-state index in [0.717, 1.165) is 11.3 Å². The predicted octanol–water partition coefficient (Wildman–Crippen LogP) is 2.39. The van der Waals surface area contributed by atoms with Crippen molar-refractivity contribution in [1.29, 1.82) is 0 Å². The molecular formula is C14H14NO+. The fraction of sp³-hybridized carbons (Fsp3) is 0.0714. The monoisotopic (exact) mass is 212 g/mol. The number of aryl methyl sites for hydroxylation is 1. The first-order valence-corrected chi connectivity index (χ1v) is 5.17. The second-order valence-corrected chi connectivity index (χ2v) is 3.66. The van der Waals surface area contributed by atoms with Gasteiger partial charge in [0.2, 0.25) is 5.69 Å². The van der Waals surface area contributed by atoms with Gasteiger partial charge in [-0.05, 0) is 29.8 Å². The Labute approximate surface area is 95.1 Å². The van der Waals surface area contributed by atoms with Crippen LogP contribution in [0.4, 0.5) is 0 Å². The molecule has 1 N–H and O–H groups in total. The van der Waals surface area contributed by atoms with Crippen molar-refractivity contribution in [2.24, 2.45) is 7.05 Å². The number of pyridine rings is 1. The van der Waals surface area contributed by atoms with Crippen molar-refractivity contribution < 1.29 is 9.67 Å². The first kappa shape index (κ1) is 10.4. The van der Waals surface area contributed by atoms with Crippen LogP contribution < -0.4 is 4.57 Å². The van der Waals surface area contributed by atoms with Crippen molar-refractivity contribution >= 4 is 12.2 Å². The van der Waals surface area contributed by atoms with Crippen LogP contribution in [0.1, 0.15) is 11.3 Å². The summed E-state index contributed by atoms with van der Waals surface area (Å²) in [5, 5.41) is 9.33. The molecule has 1 aromatic heterocycles. The van der Waals surface area contributed by atoms with Crippen molar-refractivity contribution in [2.45, 2.75) is 0 Å². The van der Waals surface area contributed by atoms with Gasteiger partial charge >= 0.3 is 0 Å². The third-order valence-corrected chi connectivity index (χ3v) is 2.41. The molecular weight excluding hydrogens is 198 g/mol. The van der Waals surface area contributed by atoms with Gasteiger partial charge in [-0.3, -0.25) is 0 Å². The minimum Gasteiger partial charge on any atom is -0.508 e. The molecule has 0 bridgehead atoms. The summed E-state index contributed by atoms with van der Waals surface area (Å²) in [5.41, 5.74) is 2.11. The summed E-state index contributed by atoms with van der Waals surface area (Å²) in [7, 11) is 2.00. The number of hydrogen-bond donors (Lipinski definition) is 1. The SMILES string of the molecule is C[n+]1ccccc1/C=C\c1cccc(O)c1. The summed E-state index contributed by atoms with van der Waals surface area (Å²) in [4.78, 5) is 0.